The van der Waals surface area contributed by atoms with E-state index in [-0.39, 0.29) is 5.91 Å². The molecule has 0 saturated carbocycles. The van der Waals surface area contributed by atoms with Gasteiger partial charge >= 0.3 is 5.97 Å². The standard InChI is InChI=1S/C17H24N2O4/c1-17(2,16(21)22-3)18-15(20)14-12-19(9-10-23-14)11-13-7-5-4-6-8-13/h4-8,14H,9-12H2,1-3H3,(H,18,20). The molecule has 1 aliphatic heterocycles. The van der Waals surface area contributed by atoms with Gasteiger partial charge in [-0.1, -0.05) is 30.3 Å². The van der Waals surface area contributed by atoms with Gasteiger partial charge in [0.15, 0.2) is 0 Å². The third-order valence-electron chi connectivity index (χ3n) is 3.82. The number of methoxy groups -OCH3 is 1. The fourth-order valence-corrected chi connectivity index (χ4v) is 2.54. The van der Waals surface area contributed by atoms with Gasteiger partial charge in [-0.15, -0.1) is 0 Å². The number of hydrogen-bond donors (Lipinski definition) is 1. The first kappa shape index (κ1) is 17.4. The van der Waals surface area contributed by atoms with E-state index >= 15 is 0 Å². The summed E-state index contributed by atoms with van der Waals surface area (Å²) in [5, 5.41) is 2.70. The van der Waals surface area contributed by atoms with E-state index < -0.39 is 17.6 Å². The van der Waals surface area contributed by atoms with Crippen molar-refractivity contribution in [2.45, 2.75) is 32.0 Å². The summed E-state index contributed by atoms with van der Waals surface area (Å²) in [4.78, 5) is 26.2. The summed E-state index contributed by atoms with van der Waals surface area (Å²) in [6.45, 7) is 5.76. The third kappa shape index (κ3) is 4.77. The molecule has 2 rings (SSSR count). The average molecular weight is 320 g/mol. The predicted octanol–water partition coefficient (Wildman–Crippen LogP) is 0.955. The Bertz CT molecular complexity index is 545. The van der Waals surface area contributed by atoms with Gasteiger partial charge in [0, 0.05) is 19.6 Å². The van der Waals surface area contributed by atoms with Crippen LogP contribution in [0.5, 0.6) is 0 Å². The fourth-order valence-electron chi connectivity index (χ4n) is 2.54. The largest absolute Gasteiger partial charge is 0.467 e. The zero-order chi connectivity index (χ0) is 16.9. The molecule has 23 heavy (non-hydrogen) atoms. The number of ether oxygens (including phenoxy) is 2. The Hall–Kier alpha value is -1.92. The van der Waals surface area contributed by atoms with Crippen molar-refractivity contribution in [2.75, 3.05) is 26.8 Å². The molecule has 1 unspecified atom stereocenters. The Morgan fingerprint density at radius 2 is 2.04 bits per heavy atom. The second kappa shape index (κ2) is 7.57. The maximum absolute atomic E-state index is 12.4. The third-order valence-corrected chi connectivity index (χ3v) is 3.82. The number of carbonyl (C=O) groups excluding carboxylic acids is 2. The number of nitrogens with zero attached hydrogens (tertiary/aromatic N) is 1. The van der Waals surface area contributed by atoms with Crippen LogP contribution >= 0.6 is 0 Å². The number of nitrogens with one attached hydrogen (secondary N) is 1. The van der Waals surface area contributed by atoms with Crippen LogP contribution in [0.1, 0.15) is 19.4 Å². The minimum absolute atomic E-state index is 0.293. The van der Waals surface area contributed by atoms with Gasteiger partial charge in [0.1, 0.15) is 11.6 Å². The highest BCUT2D eigenvalue weighted by Crippen LogP contribution is 2.12. The topological polar surface area (TPSA) is 67.9 Å². The summed E-state index contributed by atoms with van der Waals surface area (Å²) in [6, 6.07) is 10.1. The van der Waals surface area contributed by atoms with Crippen LogP contribution in [0, 0.1) is 0 Å². The van der Waals surface area contributed by atoms with E-state index in [1.165, 1.54) is 12.7 Å². The van der Waals surface area contributed by atoms with E-state index in [0.29, 0.717) is 13.2 Å². The van der Waals surface area contributed by atoms with Crippen molar-refractivity contribution in [3.8, 4) is 0 Å². The monoisotopic (exact) mass is 320 g/mol. The second-order valence-corrected chi connectivity index (χ2v) is 6.19. The van der Waals surface area contributed by atoms with Crippen molar-refractivity contribution in [3.05, 3.63) is 35.9 Å². The van der Waals surface area contributed by atoms with Gasteiger partial charge in [-0.3, -0.25) is 9.69 Å². The van der Waals surface area contributed by atoms with Gasteiger partial charge in [-0.25, -0.2) is 4.79 Å². The number of benzene rings is 1. The molecule has 0 radical (unpaired) electrons. The molecule has 0 spiro atoms. The lowest BCUT2D eigenvalue weighted by Gasteiger charge is -2.34. The summed E-state index contributed by atoms with van der Waals surface area (Å²) in [5.41, 5.74) is 0.125. The van der Waals surface area contributed by atoms with E-state index in [9.17, 15) is 9.59 Å². The lowest BCUT2D eigenvalue weighted by Crippen LogP contribution is -2.57. The normalized spacial score (nSPS) is 19.2. The Morgan fingerprint density at radius 1 is 1.35 bits per heavy atom. The maximum Gasteiger partial charge on any atom is 0.330 e. The molecule has 1 N–H and O–H groups in total. The van der Waals surface area contributed by atoms with Gasteiger partial charge in [0.2, 0.25) is 0 Å². The molecular weight excluding hydrogens is 296 g/mol. The highest BCUT2D eigenvalue weighted by atomic mass is 16.5. The van der Waals surface area contributed by atoms with Gasteiger partial charge in [-0.2, -0.15) is 0 Å². The van der Waals surface area contributed by atoms with E-state index in [1.54, 1.807) is 13.8 Å². The molecule has 1 aromatic rings. The van der Waals surface area contributed by atoms with Crippen LogP contribution in [0.2, 0.25) is 0 Å². The summed E-state index contributed by atoms with van der Waals surface area (Å²) < 4.78 is 10.3. The summed E-state index contributed by atoms with van der Waals surface area (Å²) in [6.07, 6.45) is -0.587. The summed E-state index contributed by atoms with van der Waals surface area (Å²) >= 11 is 0. The van der Waals surface area contributed by atoms with Gasteiger partial charge in [0.25, 0.3) is 5.91 Å². The lowest BCUT2D eigenvalue weighted by atomic mass is 10.1. The molecule has 1 aromatic carbocycles. The minimum Gasteiger partial charge on any atom is -0.467 e. The molecule has 6 heteroatoms. The molecule has 0 bridgehead atoms. The average Bonchev–Trinajstić information content (AvgIpc) is 2.54. The van der Waals surface area contributed by atoms with Crippen molar-refractivity contribution >= 4 is 11.9 Å². The Balaban J connectivity index is 1.92. The first-order valence-corrected chi connectivity index (χ1v) is 7.70. The first-order chi connectivity index (χ1) is 10.9. The lowest BCUT2D eigenvalue weighted by molar-refractivity contribution is -0.153. The summed E-state index contributed by atoms with van der Waals surface area (Å²) in [5.74, 6) is -0.777. The Morgan fingerprint density at radius 3 is 2.70 bits per heavy atom. The van der Waals surface area contributed by atoms with Gasteiger partial charge in [-0.05, 0) is 19.4 Å². The quantitative estimate of drug-likeness (QED) is 0.818. The summed E-state index contributed by atoms with van der Waals surface area (Å²) in [7, 11) is 1.30. The van der Waals surface area contributed by atoms with Crippen LogP contribution in [0.25, 0.3) is 0 Å². The highest BCUT2D eigenvalue weighted by Gasteiger charge is 2.35. The van der Waals surface area contributed by atoms with E-state index in [2.05, 4.69) is 22.3 Å². The number of hydrogen-bond acceptors (Lipinski definition) is 5. The molecule has 1 heterocycles. The number of rotatable bonds is 5. The smallest absolute Gasteiger partial charge is 0.330 e. The Kier molecular flexibility index (Phi) is 5.74. The van der Waals surface area contributed by atoms with Crippen molar-refractivity contribution < 1.29 is 19.1 Å². The molecule has 126 valence electrons. The molecule has 1 aliphatic rings. The Labute approximate surface area is 136 Å². The predicted molar refractivity (Wildman–Crippen MR) is 85.7 cm³/mol. The van der Waals surface area contributed by atoms with Crippen LogP contribution < -0.4 is 5.32 Å². The van der Waals surface area contributed by atoms with Gasteiger partial charge < -0.3 is 14.8 Å². The van der Waals surface area contributed by atoms with Crippen molar-refractivity contribution in [3.63, 3.8) is 0 Å². The van der Waals surface area contributed by atoms with Crippen LogP contribution in [0.3, 0.4) is 0 Å². The molecule has 0 aromatic heterocycles. The molecule has 1 atom stereocenters. The van der Waals surface area contributed by atoms with E-state index in [4.69, 9.17) is 9.47 Å². The van der Waals surface area contributed by atoms with E-state index in [1.807, 2.05) is 18.2 Å². The number of carbonyl (C=O) groups is 2. The van der Waals surface area contributed by atoms with Crippen LogP contribution in [-0.2, 0) is 25.6 Å². The van der Waals surface area contributed by atoms with Crippen molar-refractivity contribution in [1.29, 1.82) is 0 Å². The second-order valence-electron chi connectivity index (χ2n) is 6.19. The van der Waals surface area contributed by atoms with Crippen molar-refractivity contribution in [1.82, 2.24) is 10.2 Å². The molecule has 6 nitrogen and oxygen atoms in total. The minimum atomic E-state index is -1.07. The van der Waals surface area contributed by atoms with Crippen LogP contribution in [0.4, 0.5) is 0 Å². The number of morpholine rings is 1. The highest BCUT2D eigenvalue weighted by molar-refractivity contribution is 5.89. The number of amides is 1. The zero-order valence-electron chi connectivity index (χ0n) is 13.9. The van der Waals surface area contributed by atoms with Crippen molar-refractivity contribution in [2.24, 2.45) is 0 Å². The zero-order valence-corrected chi connectivity index (χ0v) is 13.9. The SMILES string of the molecule is COC(=O)C(C)(C)NC(=O)C1CN(Cc2ccccc2)CCO1. The molecule has 1 saturated heterocycles. The van der Waals surface area contributed by atoms with Crippen LogP contribution in [-0.4, -0.2) is 55.2 Å². The molecule has 1 fully saturated rings. The first-order valence-electron chi connectivity index (χ1n) is 7.70. The van der Waals surface area contributed by atoms with Gasteiger partial charge in [0.05, 0.1) is 13.7 Å². The fraction of sp³-hybridized carbons (Fsp3) is 0.529. The number of esters is 1. The maximum atomic E-state index is 12.4. The molecule has 0 aliphatic carbocycles. The van der Waals surface area contributed by atoms with Crippen LogP contribution in [0.15, 0.2) is 30.3 Å². The molecular formula is C17H24N2O4. The molecule has 1 amide bonds. The van der Waals surface area contributed by atoms with E-state index in [0.717, 1.165) is 13.1 Å².